The van der Waals surface area contributed by atoms with Gasteiger partial charge in [0.05, 0.1) is 13.7 Å². The van der Waals surface area contributed by atoms with Crippen molar-refractivity contribution in [1.82, 2.24) is 0 Å². The second-order valence-corrected chi connectivity index (χ2v) is 4.10. The van der Waals surface area contributed by atoms with E-state index >= 15 is 0 Å². The summed E-state index contributed by atoms with van der Waals surface area (Å²) in [6.45, 7) is 2.32. The zero-order valence-electron chi connectivity index (χ0n) is 11.0. The van der Waals surface area contributed by atoms with Crippen molar-refractivity contribution in [1.29, 1.82) is 0 Å². The first-order valence-corrected chi connectivity index (χ1v) is 6.00. The molecular formula is C13H18F3NO2. The second-order valence-electron chi connectivity index (χ2n) is 4.10. The molecule has 0 aliphatic carbocycles. The van der Waals surface area contributed by atoms with E-state index in [4.69, 9.17) is 15.2 Å². The van der Waals surface area contributed by atoms with Crippen LogP contribution in [0.1, 0.15) is 31.4 Å². The van der Waals surface area contributed by atoms with E-state index in [1.54, 1.807) is 18.2 Å². The molecule has 6 heteroatoms. The van der Waals surface area contributed by atoms with Gasteiger partial charge in [0.15, 0.2) is 11.5 Å². The highest BCUT2D eigenvalue weighted by molar-refractivity contribution is 5.43. The van der Waals surface area contributed by atoms with Gasteiger partial charge in [-0.2, -0.15) is 13.2 Å². The van der Waals surface area contributed by atoms with E-state index in [0.29, 0.717) is 23.7 Å². The molecule has 1 atom stereocenters. The van der Waals surface area contributed by atoms with Gasteiger partial charge in [0.25, 0.3) is 0 Å². The molecule has 2 N–H and O–H groups in total. The Bertz CT molecular complexity index is 407. The SMILES string of the molecule is CCOc1ccc([C@H](N)CCC(F)(F)F)cc1OC. The lowest BCUT2D eigenvalue weighted by molar-refractivity contribution is -0.136. The Morgan fingerprint density at radius 1 is 1.26 bits per heavy atom. The molecule has 0 aliphatic rings. The van der Waals surface area contributed by atoms with Gasteiger partial charge in [-0.3, -0.25) is 0 Å². The van der Waals surface area contributed by atoms with Gasteiger partial charge >= 0.3 is 6.18 Å². The summed E-state index contributed by atoms with van der Waals surface area (Å²) in [5.74, 6) is 1.03. The number of alkyl halides is 3. The minimum absolute atomic E-state index is 0.152. The van der Waals surface area contributed by atoms with E-state index in [2.05, 4.69) is 0 Å². The van der Waals surface area contributed by atoms with Crippen molar-refractivity contribution in [2.24, 2.45) is 5.73 Å². The fourth-order valence-electron chi connectivity index (χ4n) is 1.68. The van der Waals surface area contributed by atoms with Crippen LogP contribution in [0.2, 0.25) is 0 Å². The third kappa shape index (κ3) is 4.98. The van der Waals surface area contributed by atoms with Gasteiger partial charge in [0.2, 0.25) is 0 Å². The molecule has 0 saturated heterocycles. The van der Waals surface area contributed by atoms with Crippen molar-refractivity contribution in [2.75, 3.05) is 13.7 Å². The molecule has 0 radical (unpaired) electrons. The highest BCUT2D eigenvalue weighted by Gasteiger charge is 2.28. The minimum Gasteiger partial charge on any atom is -0.493 e. The Kier molecular flexibility index (Phi) is 5.47. The van der Waals surface area contributed by atoms with Crippen LogP contribution in [0.25, 0.3) is 0 Å². The first-order valence-electron chi connectivity index (χ1n) is 6.00. The molecule has 0 fully saturated rings. The molecule has 0 aliphatic heterocycles. The molecule has 1 rings (SSSR count). The predicted molar refractivity (Wildman–Crippen MR) is 66.4 cm³/mol. The highest BCUT2D eigenvalue weighted by Crippen LogP contribution is 2.32. The van der Waals surface area contributed by atoms with Crippen molar-refractivity contribution in [2.45, 2.75) is 32.0 Å². The van der Waals surface area contributed by atoms with E-state index in [0.717, 1.165) is 0 Å². The van der Waals surface area contributed by atoms with Crippen LogP contribution in [0.15, 0.2) is 18.2 Å². The first-order chi connectivity index (χ1) is 8.87. The van der Waals surface area contributed by atoms with Gasteiger partial charge in [0, 0.05) is 12.5 Å². The number of hydrogen-bond acceptors (Lipinski definition) is 3. The number of nitrogens with two attached hydrogens (primary N) is 1. The van der Waals surface area contributed by atoms with Crippen molar-refractivity contribution in [3.05, 3.63) is 23.8 Å². The molecule has 3 nitrogen and oxygen atoms in total. The van der Waals surface area contributed by atoms with Crippen LogP contribution in [-0.2, 0) is 0 Å². The second kappa shape index (κ2) is 6.65. The molecular weight excluding hydrogens is 259 g/mol. The lowest BCUT2D eigenvalue weighted by Gasteiger charge is -2.16. The molecule has 0 spiro atoms. The molecule has 0 unspecified atom stereocenters. The summed E-state index contributed by atoms with van der Waals surface area (Å²) >= 11 is 0. The normalized spacial score (nSPS) is 13.2. The maximum Gasteiger partial charge on any atom is 0.389 e. The minimum atomic E-state index is -4.19. The van der Waals surface area contributed by atoms with Crippen molar-refractivity contribution >= 4 is 0 Å². The van der Waals surface area contributed by atoms with E-state index in [1.165, 1.54) is 7.11 Å². The number of halogens is 3. The fraction of sp³-hybridized carbons (Fsp3) is 0.538. The Hall–Kier alpha value is -1.43. The Morgan fingerprint density at radius 3 is 2.47 bits per heavy atom. The van der Waals surface area contributed by atoms with Crippen molar-refractivity contribution in [3.8, 4) is 11.5 Å². The number of rotatable bonds is 6. The average molecular weight is 277 g/mol. The molecule has 0 bridgehead atoms. The van der Waals surface area contributed by atoms with Crippen LogP contribution in [-0.4, -0.2) is 19.9 Å². The molecule has 0 amide bonds. The summed E-state index contributed by atoms with van der Waals surface area (Å²) in [5.41, 5.74) is 6.35. The maximum atomic E-state index is 12.1. The van der Waals surface area contributed by atoms with Crippen LogP contribution in [0.5, 0.6) is 11.5 Å². The Labute approximate surface area is 110 Å². The smallest absolute Gasteiger partial charge is 0.389 e. The van der Waals surface area contributed by atoms with E-state index in [1.807, 2.05) is 6.92 Å². The van der Waals surface area contributed by atoms with Crippen LogP contribution < -0.4 is 15.2 Å². The predicted octanol–water partition coefficient (Wildman–Crippen LogP) is 3.44. The van der Waals surface area contributed by atoms with Crippen molar-refractivity contribution < 1.29 is 22.6 Å². The van der Waals surface area contributed by atoms with Gasteiger partial charge in [-0.05, 0) is 31.0 Å². The van der Waals surface area contributed by atoms with Crippen LogP contribution >= 0.6 is 0 Å². The van der Waals surface area contributed by atoms with Crippen LogP contribution in [0.3, 0.4) is 0 Å². The number of hydrogen-bond donors (Lipinski definition) is 1. The fourth-order valence-corrected chi connectivity index (χ4v) is 1.68. The third-order valence-electron chi connectivity index (χ3n) is 2.65. The lowest BCUT2D eigenvalue weighted by atomic mass is 10.0. The van der Waals surface area contributed by atoms with E-state index in [-0.39, 0.29) is 6.42 Å². The third-order valence-corrected chi connectivity index (χ3v) is 2.65. The van der Waals surface area contributed by atoms with E-state index in [9.17, 15) is 13.2 Å². The molecule has 1 aromatic rings. The molecule has 19 heavy (non-hydrogen) atoms. The molecule has 0 saturated carbocycles. The van der Waals surface area contributed by atoms with Gasteiger partial charge in [-0.25, -0.2) is 0 Å². The zero-order chi connectivity index (χ0) is 14.5. The van der Waals surface area contributed by atoms with Gasteiger partial charge < -0.3 is 15.2 Å². The van der Waals surface area contributed by atoms with Gasteiger partial charge in [-0.15, -0.1) is 0 Å². The van der Waals surface area contributed by atoms with Crippen molar-refractivity contribution in [3.63, 3.8) is 0 Å². The van der Waals surface area contributed by atoms with Gasteiger partial charge in [0.1, 0.15) is 0 Å². The Balaban J connectivity index is 2.78. The average Bonchev–Trinajstić information content (AvgIpc) is 2.36. The number of methoxy groups -OCH3 is 1. The topological polar surface area (TPSA) is 44.5 Å². The molecule has 0 heterocycles. The quantitative estimate of drug-likeness (QED) is 0.866. The summed E-state index contributed by atoms with van der Waals surface area (Å²) < 4.78 is 46.9. The maximum absolute atomic E-state index is 12.1. The van der Waals surface area contributed by atoms with Crippen LogP contribution in [0.4, 0.5) is 13.2 Å². The molecule has 1 aromatic carbocycles. The monoisotopic (exact) mass is 277 g/mol. The lowest BCUT2D eigenvalue weighted by Crippen LogP contribution is -2.15. The standard InChI is InChI=1S/C13H18F3NO2/c1-3-19-11-5-4-9(8-12(11)18-2)10(17)6-7-13(14,15)16/h4-5,8,10H,3,6-7,17H2,1-2H3/t10-/m1/s1. The summed E-state index contributed by atoms with van der Waals surface area (Å²) in [7, 11) is 1.48. The summed E-state index contributed by atoms with van der Waals surface area (Å²) in [4.78, 5) is 0. The largest absolute Gasteiger partial charge is 0.493 e. The first kappa shape index (κ1) is 15.6. The molecule has 108 valence electrons. The summed E-state index contributed by atoms with van der Waals surface area (Å²) in [5, 5.41) is 0. The summed E-state index contributed by atoms with van der Waals surface area (Å²) in [6, 6.07) is 4.26. The number of benzene rings is 1. The molecule has 0 aromatic heterocycles. The number of ether oxygens (including phenoxy) is 2. The Morgan fingerprint density at radius 2 is 1.95 bits per heavy atom. The van der Waals surface area contributed by atoms with Crippen LogP contribution in [0, 0.1) is 0 Å². The zero-order valence-corrected chi connectivity index (χ0v) is 11.0. The van der Waals surface area contributed by atoms with Gasteiger partial charge in [-0.1, -0.05) is 6.07 Å². The summed E-state index contributed by atoms with van der Waals surface area (Å²) in [6.07, 6.45) is -5.24. The van der Waals surface area contributed by atoms with E-state index < -0.39 is 18.6 Å². The highest BCUT2D eigenvalue weighted by atomic mass is 19.4.